The van der Waals surface area contributed by atoms with Crippen molar-refractivity contribution in [1.29, 1.82) is 0 Å². The third kappa shape index (κ3) is 3.01. The van der Waals surface area contributed by atoms with Crippen molar-refractivity contribution in [3.63, 3.8) is 0 Å². The molecule has 1 aliphatic rings. The van der Waals surface area contributed by atoms with Gasteiger partial charge in [0.2, 0.25) is 0 Å². The fourth-order valence-electron chi connectivity index (χ4n) is 2.41. The third-order valence-electron chi connectivity index (χ3n) is 3.75. The highest BCUT2D eigenvalue weighted by atomic mass is 32.1. The van der Waals surface area contributed by atoms with E-state index in [4.69, 9.17) is 0 Å². The molecule has 126 valence electrons. The van der Waals surface area contributed by atoms with Crippen molar-refractivity contribution in [3.05, 3.63) is 51.5 Å². The van der Waals surface area contributed by atoms with Gasteiger partial charge in [0, 0.05) is 10.9 Å². The predicted octanol–water partition coefficient (Wildman–Crippen LogP) is 3.34. The normalized spacial score (nSPS) is 17.7. The quantitative estimate of drug-likeness (QED) is 0.860. The van der Waals surface area contributed by atoms with Crippen molar-refractivity contribution in [2.24, 2.45) is 0 Å². The number of nitrogens with zero attached hydrogens (tertiary/aromatic N) is 2. The van der Waals surface area contributed by atoms with Crippen molar-refractivity contribution in [2.45, 2.75) is 32.4 Å². The Bertz CT molecular complexity index is 806. The Balaban J connectivity index is 1.82. The number of carbonyl (C=O) groups excluding carboxylic acids is 2. The van der Waals surface area contributed by atoms with Gasteiger partial charge in [-0.2, -0.15) is 0 Å². The summed E-state index contributed by atoms with van der Waals surface area (Å²) < 4.78 is 27.2. The first-order valence-electron chi connectivity index (χ1n) is 7.38. The molecule has 1 aromatic heterocycles. The number of imide groups is 1. The molecular weight excluding hydrogens is 336 g/mol. The largest absolute Gasteiger partial charge is 0.325 e. The maximum Gasteiger partial charge on any atom is 0.325 e. The van der Waals surface area contributed by atoms with E-state index in [0.717, 1.165) is 28.8 Å². The molecule has 0 radical (unpaired) electrons. The Labute approximate surface area is 141 Å². The lowest BCUT2D eigenvalue weighted by Gasteiger charge is -2.12. The van der Waals surface area contributed by atoms with E-state index in [1.807, 2.05) is 19.2 Å². The van der Waals surface area contributed by atoms with Crippen molar-refractivity contribution < 1.29 is 18.4 Å². The first-order valence-corrected chi connectivity index (χ1v) is 8.26. The van der Waals surface area contributed by atoms with Gasteiger partial charge in [-0.05, 0) is 24.1 Å². The highest BCUT2D eigenvalue weighted by Crippen LogP contribution is 2.27. The number of urea groups is 1. The summed E-state index contributed by atoms with van der Waals surface area (Å²) in [5.74, 6) is -1.79. The minimum Gasteiger partial charge on any atom is -0.322 e. The molecular formula is C16H15F2N3O2S. The number of hydrogen-bond donors (Lipinski definition) is 1. The number of nitrogens with one attached hydrogen (secondary N) is 1. The van der Waals surface area contributed by atoms with E-state index >= 15 is 0 Å². The van der Waals surface area contributed by atoms with Gasteiger partial charge in [-0.25, -0.2) is 18.6 Å². The molecule has 0 aliphatic carbocycles. The van der Waals surface area contributed by atoms with E-state index in [0.29, 0.717) is 5.01 Å². The molecule has 5 nitrogen and oxygen atoms in total. The van der Waals surface area contributed by atoms with Crippen LogP contribution in [-0.2, 0) is 11.3 Å². The third-order valence-corrected chi connectivity index (χ3v) is 4.60. The molecule has 1 fully saturated rings. The van der Waals surface area contributed by atoms with E-state index in [9.17, 15) is 18.4 Å². The number of thiazole rings is 1. The molecule has 2 aromatic rings. The number of amides is 3. The van der Waals surface area contributed by atoms with Crippen LogP contribution in [0.4, 0.5) is 13.6 Å². The minimum absolute atomic E-state index is 0.00941. The molecule has 24 heavy (non-hydrogen) atoms. The first-order chi connectivity index (χ1) is 11.4. The fourth-order valence-corrected chi connectivity index (χ4v) is 3.36. The van der Waals surface area contributed by atoms with Crippen LogP contribution in [0, 0.1) is 11.6 Å². The average Bonchev–Trinajstić information content (AvgIpc) is 3.10. The Kier molecular flexibility index (Phi) is 4.31. The number of benzene rings is 1. The maximum atomic E-state index is 13.9. The first kappa shape index (κ1) is 16.5. The Hall–Kier alpha value is -2.35. The molecule has 1 unspecified atom stereocenters. The van der Waals surface area contributed by atoms with Gasteiger partial charge in [-0.15, -0.1) is 11.3 Å². The van der Waals surface area contributed by atoms with Crippen molar-refractivity contribution in [2.75, 3.05) is 0 Å². The molecule has 0 spiro atoms. The van der Waals surface area contributed by atoms with Crippen LogP contribution in [0.25, 0.3) is 0 Å². The van der Waals surface area contributed by atoms with Crippen LogP contribution in [0.1, 0.15) is 42.1 Å². The van der Waals surface area contributed by atoms with Crippen LogP contribution in [0.2, 0.25) is 0 Å². The van der Waals surface area contributed by atoms with Gasteiger partial charge < -0.3 is 5.32 Å². The predicted molar refractivity (Wildman–Crippen MR) is 84.4 cm³/mol. The van der Waals surface area contributed by atoms with Gasteiger partial charge in [-0.1, -0.05) is 13.8 Å². The second-order valence-corrected chi connectivity index (χ2v) is 6.74. The number of carbonyl (C=O) groups is 2. The topological polar surface area (TPSA) is 62.3 Å². The minimum atomic E-state index is -1.22. The second-order valence-electron chi connectivity index (χ2n) is 5.79. The fraction of sp³-hybridized carbons (Fsp3) is 0.312. The number of hydrogen-bond acceptors (Lipinski definition) is 4. The molecule has 1 saturated heterocycles. The van der Waals surface area contributed by atoms with Crippen molar-refractivity contribution in [3.8, 4) is 0 Å². The van der Waals surface area contributed by atoms with Gasteiger partial charge in [-0.3, -0.25) is 9.69 Å². The maximum absolute atomic E-state index is 13.9. The van der Waals surface area contributed by atoms with Crippen LogP contribution in [0.15, 0.2) is 23.6 Å². The molecule has 3 rings (SSSR count). The van der Waals surface area contributed by atoms with Crippen LogP contribution in [-0.4, -0.2) is 21.8 Å². The smallest absolute Gasteiger partial charge is 0.322 e. The van der Waals surface area contributed by atoms with Gasteiger partial charge in [0.25, 0.3) is 5.91 Å². The van der Waals surface area contributed by atoms with Crippen molar-refractivity contribution in [1.82, 2.24) is 15.2 Å². The van der Waals surface area contributed by atoms with E-state index in [2.05, 4.69) is 10.3 Å². The lowest BCUT2D eigenvalue weighted by atomic mass is 10.1. The SMILES string of the molecule is CC(C)c1csc(CN2C(=O)NC(c3cc(F)ccc3F)C2=O)n1. The van der Waals surface area contributed by atoms with Crippen LogP contribution < -0.4 is 5.32 Å². The summed E-state index contributed by atoms with van der Waals surface area (Å²) in [6.45, 7) is 4.00. The molecule has 1 aliphatic heterocycles. The lowest BCUT2D eigenvalue weighted by Crippen LogP contribution is -2.30. The van der Waals surface area contributed by atoms with Gasteiger partial charge in [0.1, 0.15) is 22.7 Å². The van der Waals surface area contributed by atoms with Crippen LogP contribution in [0.5, 0.6) is 0 Å². The van der Waals surface area contributed by atoms with E-state index in [1.165, 1.54) is 11.3 Å². The highest BCUT2D eigenvalue weighted by molar-refractivity contribution is 7.09. The molecule has 3 amide bonds. The molecule has 1 atom stereocenters. The monoisotopic (exact) mass is 351 g/mol. The highest BCUT2D eigenvalue weighted by Gasteiger charge is 2.40. The van der Waals surface area contributed by atoms with E-state index in [1.54, 1.807) is 0 Å². The second kappa shape index (κ2) is 6.27. The standard InChI is InChI=1S/C16H15F2N3O2S/c1-8(2)12-7-24-13(19-12)6-21-15(22)14(20-16(21)23)10-5-9(17)3-4-11(10)18/h3-5,7-8,14H,6H2,1-2H3,(H,20,23). The molecule has 8 heteroatoms. The summed E-state index contributed by atoms with van der Waals surface area (Å²) >= 11 is 1.35. The summed E-state index contributed by atoms with van der Waals surface area (Å²) in [5, 5.41) is 4.89. The van der Waals surface area contributed by atoms with Crippen LogP contribution in [0.3, 0.4) is 0 Å². The number of rotatable bonds is 4. The Morgan fingerprint density at radius 1 is 1.33 bits per heavy atom. The number of aromatic nitrogens is 1. The molecule has 1 N–H and O–H groups in total. The average molecular weight is 351 g/mol. The van der Waals surface area contributed by atoms with E-state index < -0.39 is 29.6 Å². The summed E-state index contributed by atoms with van der Waals surface area (Å²) in [6, 6.07) is 0.943. The number of halogens is 2. The Morgan fingerprint density at radius 2 is 2.08 bits per heavy atom. The zero-order valence-electron chi connectivity index (χ0n) is 13.0. The van der Waals surface area contributed by atoms with Crippen LogP contribution >= 0.6 is 11.3 Å². The summed E-state index contributed by atoms with van der Waals surface area (Å²) in [5.41, 5.74) is 0.702. The van der Waals surface area contributed by atoms with Gasteiger partial charge in [0.05, 0.1) is 12.2 Å². The van der Waals surface area contributed by atoms with Crippen molar-refractivity contribution >= 4 is 23.3 Å². The Morgan fingerprint density at radius 3 is 2.75 bits per heavy atom. The zero-order valence-corrected chi connectivity index (χ0v) is 13.9. The molecule has 2 heterocycles. The van der Waals surface area contributed by atoms with Gasteiger partial charge in [0.15, 0.2) is 0 Å². The molecule has 0 saturated carbocycles. The molecule has 1 aromatic carbocycles. The summed E-state index contributed by atoms with van der Waals surface area (Å²) in [4.78, 5) is 29.9. The molecule has 0 bridgehead atoms. The van der Waals surface area contributed by atoms with Gasteiger partial charge >= 0.3 is 6.03 Å². The van der Waals surface area contributed by atoms with E-state index in [-0.39, 0.29) is 18.0 Å². The summed E-state index contributed by atoms with van der Waals surface area (Å²) in [6.07, 6.45) is 0. The zero-order chi connectivity index (χ0) is 17.4. The summed E-state index contributed by atoms with van der Waals surface area (Å²) in [7, 11) is 0. The lowest BCUT2D eigenvalue weighted by molar-refractivity contribution is -0.128.